The second kappa shape index (κ2) is 9.27. The first kappa shape index (κ1) is 24.6. The average molecular weight is 500 g/mol. The summed E-state index contributed by atoms with van der Waals surface area (Å²) < 4.78 is 21.8. The molecule has 1 aliphatic rings. The molecular formula is C23H25N4O7P. The highest BCUT2D eigenvalue weighted by molar-refractivity contribution is 7.46. The van der Waals surface area contributed by atoms with E-state index in [1.807, 2.05) is 31.2 Å². The summed E-state index contributed by atoms with van der Waals surface area (Å²) in [5.41, 5.74) is 0.934. The zero-order valence-corrected chi connectivity index (χ0v) is 20.2. The van der Waals surface area contributed by atoms with Crippen LogP contribution in [0.5, 0.6) is 0 Å². The van der Waals surface area contributed by atoms with E-state index in [1.54, 1.807) is 19.2 Å². The highest BCUT2D eigenvalue weighted by atomic mass is 31.2. The van der Waals surface area contributed by atoms with E-state index in [9.17, 15) is 14.2 Å². The summed E-state index contributed by atoms with van der Waals surface area (Å²) in [5.74, 6) is -0.110. The van der Waals surface area contributed by atoms with Gasteiger partial charge < -0.3 is 29.7 Å². The Morgan fingerprint density at radius 3 is 2.83 bits per heavy atom. The van der Waals surface area contributed by atoms with Crippen molar-refractivity contribution < 1.29 is 32.9 Å². The summed E-state index contributed by atoms with van der Waals surface area (Å²) in [6, 6.07) is 9.34. The number of phosphoric acid groups is 1. The number of nitrogens with one attached hydrogen (secondary N) is 2. The fourth-order valence-corrected chi connectivity index (χ4v) is 4.36. The summed E-state index contributed by atoms with van der Waals surface area (Å²) in [4.78, 5) is 49.1. The number of anilines is 2. The highest BCUT2D eigenvalue weighted by Crippen LogP contribution is 2.42. The van der Waals surface area contributed by atoms with E-state index < -0.39 is 19.3 Å². The van der Waals surface area contributed by atoms with E-state index in [4.69, 9.17) is 18.7 Å². The number of carbonyl (C=O) groups is 2. The number of pyridine rings is 1. The van der Waals surface area contributed by atoms with Gasteiger partial charge in [-0.3, -0.25) is 14.1 Å². The van der Waals surface area contributed by atoms with Crippen LogP contribution in [0.15, 0.2) is 47.0 Å². The molecule has 184 valence electrons. The first-order valence-corrected chi connectivity index (χ1v) is 12.2. The minimum atomic E-state index is -4.91. The molecule has 2 aromatic heterocycles. The van der Waals surface area contributed by atoms with Crippen LogP contribution in [0, 0.1) is 6.92 Å². The number of para-hydroxylation sites is 1. The molecule has 1 unspecified atom stereocenters. The van der Waals surface area contributed by atoms with E-state index in [0.717, 1.165) is 16.5 Å². The van der Waals surface area contributed by atoms with Gasteiger partial charge in [0.2, 0.25) is 5.91 Å². The van der Waals surface area contributed by atoms with Crippen LogP contribution in [0.2, 0.25) is 0 Å². The average Bonchev–Trinajstić information content (AvgIpc) is 3.04. The van der Waals surface area contributed by atoms with Crippen LogP contribution in [-0.2, 0) is 25.2 Å². The maximum absolute atomic E-state index is 12.7. The highest BCUT2D eigenvalue weighted by Gasteiger charge is 2.42. The lowest BCUT2D eigenvalue weighted by atomic mass is 10.1. The van der Waals surface area contributed by atoms with E-state index in [0.29, 0.717) is 23.6 Å². The van der Waals surface area contributed by atoms with Gasteiger partial charge in [-0.1, -0.05) is 18.2 Å². The predicted molar refractivity (Wildman–Crippen MR) is 129 cm³/mol. The monoisotopic (exact) mass is 500 g/mol. The molecule has 4 rings (SSSR count). The molecule has 0 bridgehead atoms. The lowest BCUT2D eigenvalue weighted by Crippen LogP contribution is -2.46. The van der Waals surface area contributed by atoms with Gasteiger partial charge in [0.25, 0.3) is 5.91 Å². The van der Waals surface area contributed by atoms with Gasteiger partial charge in [-0.2, -0.15) is 0 Å². The lowest BCUT2D eigenvalue weighted by Gasteiger charge is -2.26. The van der Waals surface area contributed by atoms with Crippen molar-refractivity contribution in [2.75, 3.05) is 24.2 Å². The predicted octanol–water partition coefficient (Wildman–Crippen LogP) is 3.04. The van der Waals surface area contributed by atoms with Crippen molar-refractivity contribution in [3.8, 4) is 0 Å². The van der Waals surface area contributed by atoms with E-state index in [-0.39, 0.29) is 18.3 Å². The smallest absolute Gasteiger partial charge is 0.459 e. The quantitative estimate of drug-likeness (QED) is 0.295. The number of hydrogen-bond acceptors (Lipinski definition) is 7. The number of amides is 2. The molecule has 12 heteroatoms. The Bertz CT molecular complexity index is 1380. The number of aromatic nitrogens is 1. The molecule has 0 radical (unpaired) electrons. The van der Waals surface area contributed by atoms with Crippen molar-refractivity contribution in [3.63, 3.8) is 0 Å². The van der Waals surface area contributed by atoms with Crippen molar-refractivity contribution in [3.05, 3.63) is 59.5 Å². The third-order valence-electron chi connectivity index (χ3n) is 5.68. The number of nitrogens with zero attached hydrogens (tertiary/aromatic N) is 2. The van der Waals surface area contributed by atoms with Crippen LogP contribution in [0.1, 0.15) is 23.8 Å². The van der Waals surface area contributed by atoms with Crippen LogP contribution in [0.25, 0.3) is 17.0 Å². The largest absolute Gasteiger partial charge is 0.470 e. The summed E-state index contributed by atoms with van der Waals surface area (Å²) in [5, 5.41) is 6.43. The van der Waals surface area contributed by atoms with Crippen LogP contribution < -0.4 is 10.6 Å². The second-order valence-corrected chi connectivity index (χ2v) is 9.62. The number of aryl methyl sites for hydroxylation is 1. The van der Waals surface area contributed by atoms with Gasteiger partial charge in [-0.25, -0.2) is 9.55 Å². The minimum Gasteiger partial charge on any atom is -0.459 e. The minimum absolute atomic E-state index is 0.175. The van der Waals surface area contributed by atoms with Crippen LogP contribution >= 0.6 is 7.82 Å². The Kier molecular flexibility index (Phi) is 6.52. The van der Waals surface area contributed by atoms with Crippen molar-refractivity contribution in [2.45, 2.75) is 26.0 Å². The molecule has 1 aliphatic heterocycles. The fourth-order valence-electron chi connectivity index (χ4n) is 3.69. The number of likely N-dealkylation sites (N-methyl/N-ethyl adjacent to an activating group) is 1. The zero-order chi connectivity index (χ0) is 25.4. The molecule has 3 heterocycles. The third kappa shape index (κ3) is 5.44. The van der Waals surface area contributed by atoms with Crippen LogP contribution in [0.3, 0.4) is 0 Å². The number of hydrogen-bond donors (Lipinski definition) is 4. The second-order valence-electron chi connectivity index (χ2n) is 8.46. The normalized spacial score (nSPS) is 18.1. The molecule has 4 N–H and O–H groups in total. The summed E-state index contributed by atoms with van der Waals surface area (Å²) in [6.45, 7) is 3.32. The number of rotatable bonds is 6. The maximum atomic E-state index is 12.7. The number of furan rings is 1. The van der Waals surface area contributed by atoms with E-state index in [1.165, 1.54) is 24.1 Å². The Balaban J connectivity index is 1.45. The molecule has 11 nitrogen and oxygen atoms in total. The Labute approximate surface area is 201 Å². The van der Waals surface area contributed by atoms with Crippen molar-refractivity contribution in [1.82, 2.24) is 9.88 Å². The summed E-state index contributed by atoms with van der Waals surface area (Å²) >= 11 is 0. The Morgan fingerprint density at radius 1 is 1.37 bits per heavy atom. The SMILES string of the molecule is Cc1c(CN(C)C(=O)C=Cc2cnc3c(c2)NCC(C)(OP(=O)(O)O)C(=O)N3)oc2ccccc12. The summed E-state index contributed by atoms with van der Waals surface area (Å²) in [7, 11) is -3.24. The van der Waals surface area contributed by atoms with E-state index in [2.05, 4.69) is 15.6 Å². The third-order valence-corrected chi connectivity index (χ3v) is 6.32. The summed E-state index contributed by atoms with van der Waals surface area (Å²) in [6.07, 6.45) is 4.44. The maximum Gasteiger partial charge on any atom is 0.470 e. The van der Waals surface area contributed by atoms with Gasteiger partial charge in [-0.05, 0) is 37.6 Å². The van der Waals surface area contributed by atoms with Crippen LogP contribution in [-0.4, -0.2) is 50.7 Å². The molecular weight excluding hydrogens is 475 g/mol. The molecule has 35 heavy (non-hydrogen) atoms. The fraction of sp³-hybridized carbons (Fsp3) is 0.261. The van der Waals surface area contributed by atoms with E-state index >= 15 is 0 Å². The number of benzene rings is 1. The Hall–Kier alpha value is -3.50. The molecule has 0 saturated carbocycles. The number of carbonyl (C=O) groups excluding carboxylic acids is 2. The zero-order valence-electron chi connectivity index (χ0n) is 19.3. The topological polar surface area (TPSA) is 154 Å². The molecule has 2 amide bonds. The molecule has 0 fully saturated rings. The van der Waals surface area contributed by atoms with Gasteiger partial charge in [0.05, 0.1) is 18.8 Å². The van der Waals surface area contributed by atoms with Gasteiger partial charge in [0, 0.05) is 30.3 Å². The van der Waals surface area contributed by atoms with Crippen LogP contribution in [0.4, 0.5) is 11.5 Å². The Morgan fingerprint density at radius 2 is 2.11 bits per heavy atom. The van der Waals surface area contributed by atoms with Gasteiger partial charge in [-0.15, -0.1) is 0 Å². The number of fused-ring (bicyclic) bond motifs is 2. The molecule has 0 saturated heterocycles. The van der Waals surface area contributed by atoms with Crippen molar-refractivity contribution in [1.29, 1.82) is 0 Å². The van der Waals surface area contributed by atoms with Crippen molar-refractivity contribution >= 4 is 48.2 Å². The molecule has 1 atom stereocenters. The lowest BCUT2D eigenvalue weighted by molar-refractivity contribution is -0.130. The molecule has 0 spiro atoms. The standard InChI is InChI=1S/C23H25N4O7P/c1-14-16-6-4-5-7-18(16)33-19(14)12-27(3)20(28)9-8-15-10-17-21(24-11-15)26-22(29)23(2,13-25-17)34-35(30,31)32/h4-11,25H,12-13H2,1-3H3,(H,24,26,29)(H2,30,31,32). The van der Waals surface area contributed by atoms with Gasteiger partial charge in [0.15, 0.2) is 11.4 Å². The van der Waals surface area contributed by atoms with Crippen molar-refractivity contribution in [2.24, 2.45) is 0 Å². The molecule has 3 aromatic rings. The van der Waals surface area contributed by atoms with Gasteiger partial charge in [0.1, 0.15) is 11.3 Å². The van der Waals surface area contributed by atoms with Gasteiger partial charge >= 0.3 is 7.82 Å². The number of phosphoric ester groups is 1. The molecule has 1 aromatic carbocycles. The first-order valence-electron chi connectivity index (χ1n) is 10.7. The molecule has 0 aliphatic carbocycles. The first-order chi connectivity index (χ1) is 16.4.